The minimum absolute atomic E-state index is 0.499. The zero-order chi connectivity index (χ0) is 14.7. The first kappa shape index (κ1) is 15.0. The van der Waals surface area contributed by atoms with Crippen LogP contribution in [0.5, 0.6) is 11.5 Å². The molecule has 0 aliphatic heterocycles. The topological polar surface area (TPSA) is 44.5 Å². The average Bonchev–Trinajstić information content (AvgIpc) is 2.46. The van der Waals surface area contributed by atoms with E-state index in [0.717, 1.165) is 5.56 Å². The molecule has 5 heteroatoms. The molecule has 20 heavy (non-hydrogen) atoms. The number of rotatable bonds is 4. The molecule has 3 nitrogen and oxygen atoms in total. The van der Waals surface area contributed by atoms with E-state index in [1.54, 1.807) is 38.5 Å². The third-order valence-electron chi connectivity index (χ3n) is 3.08. The SMILES string of the molecule is COc1ccc(OC)c(C(N)c2c(Cl)cccc2Cl)c1. The van der Waals surface area contributed by atoms with Crippen molar-refractivity contribution in [2.75, 3.05) is 14.2 Å². The van der Waals surface area contributed by atoms with Gasteiger partial charge >= 0.3 is 0 Å². The minimum Gasteiger partial charge on any atom is -0.497 e. The van der Waals surface area contributed by atoms with Crippen molar-refractivity contribution >= 4 is 23.2 Å². The van der Waals surface area contributed by atoms with Gasteiger partial charge in [0.05, 0.1) is 20.3 Å². The van der Waals surface area contributed by atoms with E-state index in [4.69, 9.17) is 38.4 Å². The van der Waals surface area contributed by atoms with Gasteiger partial charge in [-0.1, -0.05) is 29.3 Å². The van der Waals surface area contributed by atoms with Gasteiger partial charge < -0.3 is 15.2 Å². The summed E-state index contributed by atoms with van der Waals surface area (Å²) < 4.78 is 10.6. The standard InChI is InChI=1S/C15H15Cl2NO2/c1-19-9-6-7-13(20-2)10(8-9)15(18)14-11(16)4-3-5-12(14)17/h3-8,15H,18H2,1-2H3. The number of hydrogen-bond donors (Lipinski definition) is 1. The highest BCUT2D eigenvalue weighted by Crippen LogP contribution is 2.37. The summed E-state index contributed by atoms with van der Waals surface area (Å²) in [6.07, 6.45) is 0. The molecule has 0 aliphatic rings. The summed E-state index contributed by atoms with van der Waals surface area (Å²) >= 11 is 12.4. The lowest BCUT2D eigenvalue weighted by Crippen LogP contribution is -2.14. The Labute approximate surface area is 128 Å². The molecule has 0 radical (unpaired) electrons. The predicted octanol–water partition coefficient (Wildman–Crippen LogP) is 4.06. The number of ether oxygens (including phenoxy) is 2. The molecule has 0 spiro atoms. The molecule has 1 atom stereocenters. The molecule has 0 saturated carbocycles. The Bertz CT molecular complexity index is 597. The van der Waals surface area contributed by atoms with Crippen LogP contribution in [-0.4, -0.2) is 14.2 Å². The molecule has 2 aromatic carbocycles. The van der Waals surface area contributed by atoms with Crippen molar-refractivity contribution in [1.82, 2.24) is 0 Å². The minimum atomic E-state index is -0.499. The zero-order valence-electron chi connectivity index (χ0n) is 11.2. The number of nitrogens with two attached hydrogens (primary N) is 1. The molecule has 2 aromatic rings. The van der Waals surface area contributed by atoms with Crippen LogP contribution in [0.2, 0.25) is 10.0 Å². The lowest BCUT2D eigenvalue weighted by molar-refractivity contribution is 0.397. The van der Waals surface area contributed by atoms with E-state index in [0.29, 0.717) is 27.1 Å². The monoisotopic (exact) mass is 311 g/mol. The number of hydrogen-bond acceptors (Lipinski definition) is 3. The molecule has 0 saturated heterocycles. The van der Waals surface area contributed by atoms with Crippen LogP contribution < -0.4 is 15.2 Å². The molecule has 0 amide bonds. The summed E-state index contributed by atoms with van der Waals surface area (Å²) in [5.41, 5.74) is 7.75. The van der Waals surface area contributed by atoms with Crippen LogP contribution in [0.25, 0.3) is 0 Å². The number of benzene rings is 2. The summed E-state index contributed by atoms with van der Waals surface area (Å²) in [6, 6.07) is 10.2. The van der Waals surface area contributed by atoms with Crippen molar-refractivity contribution < 1.29 is 9.47 Å². The van der Waals surface area contributed by atoms with Crippen molar-refractivity contribution in [2.24, 2.45) is 5.73 Å². The molecule has 2 N–H and O–H groups in total. The average molecular weight is 312 g/mol. The van der Waals surface area contributed by atoms with Crippen molar-refractivity contribution in [2.45, 2.75) is 6.04 Å². The van der Waals surface area contributed by atoms with Gasteiger partial charge in [-0.05, 0) is 30.3 Å². The van der Waals surface area contributed by atoms with Crippen LogP contribution in [0, 0.1) is 0 Å². The van der Waals surface area contributed by atoms with E-state index >= 15 is 0 Å². The smallest absolute Gasteiger partial charge is 0.124 e. The molecule has 0 bridgehead atoms. The van der Waals surface area contributed by atoms with Crippen molar-refractivity contribution in [1.29, 1.82) is 0 Å². The van der Waals surface area contributed by atoms with E-state index in [9.17, 15) is 0 Å². The summed E-state index contributed by atoms with van der Waals surface area (Å²) in [7, 11) is 3.19. The Morgan fingerprint density at radius 1 is 1.00 bits per heavy atom. The van der Waals surface area contributed by atoms with Gasteiger partial charge in [-0.2, -0.15) is 0 Å². The first-order valence-electron chi connectivity index (χ1n) is 6.00. The Morgan fingerprint density at radius 3 is 2.20 bits per heavy atom. The first-order chi connectivity index (χ1) is 9.58. The fraction of sp³-hybridized carbons (Fsp3) is 0.200. The predicted molar refractivity (Wildman–Crippen MR) is 82.0 cm³/mol. The second-order valence-corrected chi connectivity index (χ2v) is 5.04. The van der Waals surface area contributed by atoms with E-state index < -0.39 is 6.04 Å². The fourth-order valence-corrected chi connectivity index (χ4v) is 2.68. The van der Waals surface area contributed by atoms with Crippen LogP contribution >= 0.6 is 23.2 Å². The van der Waals surface area contributed by atoms with Gasteiger partial charge in [-0.15, -0.1) is 0 Å². The molecule has 2 rings (SSSR count). The summed E-state index contributed by atoms with van der Waals surface area (Å²) in [6.45, 7) is 0. The quantitative estimate of drug-likeness (QED) is 0.926. The maximum Gasteiger partial charge on any atom is 0.124 e. The highest BCUT2D eigenvalue weighted by molar-refractivity contribution is 6.36. The summed E-state index contributed by atoms with van der Waals surface area (Å²) in [5, 5.41) is 1.05. The Hall–Kier alpha value is -1.42. The van der Waals surface area contributed by atoms with Crippen molar-refractivity contribution in [3.63, 3.8) is 0 Å². The molecule has 0 heterocycles. The van der Waals surface area contributed by atoms with Crippen molar-refractivity contribution in [3.8, 4) is 11.5 Å². The highest BCUT2D eigenvalue weighted by atomic mass is 35.5. The van der Waals surface area contributed by atoms with E-state index in [1.807, 2.05) is 12.1 Å². The second kappa shape index (κ2) is 6.35. The maximum atomic E-state index is 6.31. The van der Waals surface area contributed by atoms with Gasteiger partial charge in [-0.25, -0.2) is 0 Å². The highest BCUT2D eigenvalue weighted by Gasteiger charge is 2.20. The van der Waals surface area contributed by atoms with Gasteiger partial charge in [0.15, 0.2) is 0 Å². The largest absolute Gasteiger partial charge is 0.497 e. The Balaban J connectivity index is 2.55. The zero-order valence-corrected chi connectivity index (χ0v) is 12.7. The van der Waals surface area contributed by atoms with Crippen LogP contribution in [0.3, 0.4) is 0 Å². The van der Waals surface area contributed by atoms with Gasteiger partial charge in [0.25, 0.3) is 0 Å². The van der Waals surface area contributed by atoms with E-state index in [1.165, 1.54) is 0 Å². The third-order valence-corrected chi connectivity index (χ3v) is 3.74. The van der Waals surface area contributed by atoms with Gasteiger partial charge in [0.1, 0.15) is 11.5 Å². The normalized spacial score (nSPS) is 12.1. The van der Waals surface area contributed by atoms with Crippen molar-refractivity contribution in [3.05, 3.63) is 57.6 Å². The maximum absolute atomic E-state index is 6.31. The second-order valence-electron chi connectivity index (χ2n) is 4.22. The summed E-state index contributed by atoms with van der Waals surface area (Å²) in [5.74, 6) is 1.36. The van der Waals surface area contributed by atoms with Gasteiger partial charge in [0.2, 0.25) is 0 Å². The van der Waals surface area contributed by atoms with Crippen LogP contribution in [0.15, 0.2) is 36.4 Å². The lowest BCUT2D eigenvalue weighted by Gasteiger charge is -2.19. The lowest BCUT2D eigenvalue weighted by atomic mass is 9.98. The molecular formula is C15H15Cl2NO2. The van der Waals surface area contributed by atoms with Crippen LogP contribution in [0.4, 0.5) is 0 Å². The molecule has 0 aromatic heterocycles. The molecule has 106 valence electrons. The van der Waals surface area contributed by atoms with Crippen LogP contribution in [-0.2, 0) is 0 Å². The molecule has 0 fully saturated rings. The van der Waals surface area contributed by atoms with E-state index in [-0.39, 0.29) is 0 Å². The number of halogens is 2. The Morgan fingerprint density at radius 2 is 1.65 bits per heavy atom. The molecule has 0 aliphatic carbocycles. The Kier molecular flexibility index (Phi) is 4.76. The van der Waals surface area contributed by atoms with E-state index in [2.05, 4.69) is 0 Å². The molecule has 1 unspecified atom stereocenters. The number of methoxy groups -OCH3 is 2. The third kappa shape index (κ3) is 2.85. The molecular weight excluding hydrogens is 297 g/mol. The van der Waals surface area contributed by atoms with Gasteiger partial charge in [-0.3, -0.25) is 0 Å². The first-order valence-corrected chi connectivity index (χ1v) is 6.75. The van der Waals surface area contributed by atoms with Gasteiger partial charge in [0, 0.05) is 21.2 Å². The van der Waals surface area contributed by atoms with Crippen LogP contribution in [0.1, 0.15) is 17.2 Å². The fourth-order valence-electron chi connectivity index (χ4n) is 2.05. The summed E-state index contributed by atoms with van der Waals surface area (Å²) in [4.78, 5) is 0.